The van der Waals surface area contributed by atoms with Gasteiger partial charge in [-0.1, -0.05) is 41.4 Å². The first-order valence-corrected chi connectivity index (χ1v) is 10.9. The molecule has 0 radical (unpaired) electrons. The number of ether oxygens (including phenoxy) is 2. The maximum Gasteiger partial charge on any atom is 0.329 e. The van der Waals surface area contributed by atoms with Gasteiger partial charge in [-0.15, -0.1) is 0 Å². The van der Waals surface area contributed by atoms with Gasteiger partial charge >= 0.3 is 11.8 Å². The van der Waals surface area contributed by atoms with Gasteiger partial charge in [-0.3, -0.25) is 9.59 Å². The van der Waals surface area contributed by atoms with Gasteiger partial charge in [0.05, 0.1) is 17.8 Å². The molecule has 0 unspecified atom stereocenters. The second-order valence-electron chi connectivity index (χ2n) is 6.80. The first-order valence-electron chi connectivity index (χ1n) is 10.1. The average Bonchev–Trinajstić information content (AvgIpc) is 2.82. The van der Waals surface area contributed by atoms with Gasteiger partial charge in [0.15, 0.2) is 11.5 Å². The van der Waals surface area contributed by atoms with Crippen molar-refractivity contribution < 1.29 is 23.5 Å². The van der Waals surface area contributed by atoms with E-state index in [0.717, 1.165) is 11.6 Å². The number of nitrogens with one attached hydrogen (secondary N) is 2. The molecule has 2 amide bonds. The van der Waals surface area contributed by atoms with E-state index in [9.17, 15) is 14.0 Å². The summed E-state index contributed by atoms with van der Waals surface area (Å²) >= 11 is 11.8. The summed E-state index contributed by atoms with van der Waals surface area (Å²) in [6.45, 7) is 2.51. The maximum absolute atomic E-state index is 13.2. The normalized spacial score (nSPS) is 10.7. The number of anilines is 1. The third-order valence-corrected chi connectivity index (χ3v) is 5.03. The molecule has 0 saturated heterocycles. The quantitative estimate of drug-likeness (QED) is 0.251. The molecule has 0 aromatic heterocycles. The minimum atomic E-state index is -1.01. The summed E-state index contributed by atoms with van der Waals surface area (Å²) in [6.07, 6.45) is 1.35. The van der Waals surface area contributed by atoms with Crippen molar-refractivity contribution in [3.05, 3.63) is 87.7 Å². The Balaban J connectivity index is 1.60. The summed E-state index contributed by atoms with van der Waals surface area (Å²) in [5, 5.41) is 6.51. The molecule has 10 heteroatoms. The van der Waals surface area contributed by atoms with Gasteiger partial charge in [-0.2, -0.15) is 5.10 Å². The Hall–Kier alpha value is -3.62. The number of halogens is 3. The van der Waals surface area contributed by atoms with Crippen LogP contribution in [0.3, 0.4) is 0 Å². The summed E-state index contributed by atoms with van der Waals surface area (Å²) < 4.78 is 24.7. The number of hydrogen-bond donors (Lipinski definition) is 2. The van der Waals surface area contributed by atoms with E-state index < -0.39 is 17.6 Å². The van der Waals surface area contributed by atoms with Crippen molar-refractivity contribution >= 4 is 46.9 Å². The van der Waals surface area contributed by atoms with E-state index in [-0.39, 0.29) is 17.3 Å². The molecule has 0 aliphatic rings. The second-order valence-corrected chi connectivity index (χ2v) is 7.62. The van der Waals surface area contributed by atoms with Gasteiger partial charge in [-0.25, -0.2) is 9.82 Å². The van der Waals surface area contributed by atoms with E-state index in [1.165, 1.54) is 18.3 Å². The zero-order valence-corrected chi connectivity index (χ0v) is 19.5. The highest BCUT2D eigenvalue weighted by Crippen LogP contribution is 2.29. The minimum absolute atomic E-state index is 0.171. The fourth-order valence-corrected chi connectivity index (χ4v) is 3.11. The standard InChI is InChI=1S/C24H20Cl2FN3O4/c1-2-33-22-11-15(7-10-21(22)34-14-16-5-3-4-6-18(16)25)13-28-30-24(32)23(31)29-17-8-9-20(27)19(26)12-17/h3-13H,2,14H2,1H3,(H,29,31)(H,30,32)/b28-13+. The molecule has 0 bridgehead atoms. The molecule has 3 rings (SSSR count). The molecule has 7 nitrogen and oxygen atoms in total. The topological polar surface area (TPSA) is 89.0 Å². The summed E-state index contributed by atoms with van der Waals surface area (Å²) in [6, 6.07) is 16.0. The largest absolute Gasteiger partial charge is 0.490 e. The average molecular weight is 504 g/mol. The zero-order valence-electron chi connectivity index (χ0n) is 18.0. The molecule has 2 N–H and O–H groups in total. The van der Waals surface area contributed by atoms with E-state index >= 15 is 0 Å². The number of carbonyl (C=O) groups is 2. The van der Waals surface area contributed by atoms with Crippen LogP contribution in [0.5, 0.6) is 11.5 Å². The molecule has 0 atom stereocenters. The Morgan fingerprint density at radius 2 is 1.76 bits per heavy atom. The number of hydrogen-bond acceptors (Lipinski definition) is 5. The summed E-state index contributed by atoms with van der Waals surface area (Å²) in [5.41, 5.74) is 3.72. The van der Waals surface area contributed by atoms with Crippen molar-refractivity contribution in [2.45, 2.75) is 13.5 Å². The van der Waals surface area contributed by atoms with Crippen LogP contribution < -0.4 is 20.2 Å². The highest BCUT2D eigenvalue weighted by molar-refractivity contribution is 6.39. The monoisotopic (exact) mass is 503 g/mol. The highest BCUT2D eigenvalue weighted by atomic mass is 35.5. The smallest absolute Gasteiger partial charge is 0.329 e. The third-order valence-electron chi connectivity index (χ3n) is 4.37. The van der Waals surface area contributed by atoms with Crippen molar-refractivity contribution in [3.63, 3.8) is 0 Å². The summed E-state index contributed by atoms with van der Waals surface area (Å²) in [4.78, 5) is 23.9. The molecule has 3 aromatic rings. The molecular formula is C24H20Cl2FN3O4. The van der Waals surface area contributed by atoms with Crippen LogP contribution in [0.1, 0.15) is 18.1 Å². The van der Waals surface area contributed by atoms with E-state index in [1.807, 2.05) is 25.1 Å². The van der Waals surface area contributed by atoms with Gasteiger partial charge in [-0.05, 0) is 55.0 Å². The molecule has 0 fully saturated rings. The number of carbonyl (C=O) groups excluding carboxylic acids is 2. The molecule has 176 valence electrons. The van der Waals surface area contributed by atoms with Gasteiger partial charge in [0.25, 0.3) is 0 Å². The minimum Gasteiger partial charge on any atom is -0.490 e. The Morgan fingerprint density at radius 3 is 2.50 bits per heavy atom. The van der Waals surface area contributed by atoms with Gasteiger partial charge < -0.3 is 14.8 Å². The first-order chi connectivity index (χ1) is 16.4. The lowest BCUT2D eigenvalue weighted by Gasteiger charge is -2.13. The maximum atomic E-state index is 13.2. The fraction of sp³-hybridized carbons (Fsp3) is 0.125. The Kier molecular flexibility index (Phi) is 8.84. The van der Waals surface area contributed by atoms with Gasteiger partial charge in [0.2, 0.25) is 0 Å². The fourth-order valence-electron chi connectivity index (χ4n) is 2.74. The van der Waals surface area contributed by atoms with Crippen LogP contribution >= 0.6 is 23.2 Å². The first kappa shape index (κ1) is 25.0. The van der Waals surface area contributed by atoms with E-state index in [4.69, 9.17) is 32.7 Å². The molecular weight excluding hydrogens is 484 g/mol. The van der Waals surface area contributed by atoms with Crippen LogP contribution in [-0.4, -0.2) is 24.6 Å². The summed E-state index contributed by atoms with van der Waals surface area (Å²) in [7, 11) is 0. The van der Waals surface area contributed by atoms with Gasteiger partial charge in [0.1, 0.15) is 12.4 Å². The predicted molar refractivity (Wildman–Crippen MR) is 129 cm³/mol. The van der Waals surface area contributed by atoms with Crippen molar-refractivity contribution in [1.82, 2.24) is 5.43 Å². The number of nitrogens with zero attached hydrogens (tertiary/aromatic N) is 1. The Labute approximate surface area is 205 Å². The van der Waals surface area contributed by atoms with Crippen molar-refractivity contribution in [2.24, 2.45) is 5.10 Å². The molecule has 34 heavy (non-hydrogen) atoms. The molecule has 0 aliphatic heterocycles. The highest BCUT2D eigenvalue weighted by Gasteiger charge is 2.14. The van der Waals surface area contributed by atoms with E-state index in [2.05, 4.69) is 15.8 Å². The van der Waals surface area contributed by atoms with Gasteiger partial charge in [0, 0.05) is 16.3 Å². The van der Waals surface area contributed by atoms with Crippen LogP contribution in [0.2, 0.25) is 10.0 Å². The van der Waals surface area contributed by atoms with Crippen LogP contribution in [0.4, 0.5) is 10.1 Å². The second kappa shape index (κ2) is 12.0. The van der Waals surface area contributed by atoms with Crippen molar-refractivity contribution in [3.8, 4) is 11.5 Å². The van der Waals surface area contributed by atoms with Crippen LogP contribution in [0.25, 0.3) is 0 Å². The summed E-state index contributed by atoms with van der Waals surface area (Å²) in [5.74, 6) is -1.64. The van der Waals surface area contributed by atoms with E-state index in [0.29, 0.717) is 28.7 Å². The van der Waals surface area contributed by atoms with Crippen molar-refractivity contribution in [1.29, 1.82) is 0 Å². The van der Waals surface area contributed by atoms with Crippen molar-refractivity contribution in [2.75, 3.05) is 11.9 Å². The zero-order chi connectivity index (χ0) is 24.5. The molecule has 0 saturated carbocycles. The molecule has 0 aliphatic carbocycles. The Morgan fingerprint density at radius 1 is 0.971 bits per heavy atom. The lowest BCUT2D eigenvalue weighted by molar-refractivity contribution is -0.136. The van der Waals surface area contributed by atoms with E-state index in [1.54, 1.807) is 24.3 Å². The lowest BCUT2D eigenvalue weighted by Crippen LogP contribution is -2.32. The number of rotatable bonds is 8. The van der Waals surface area contributed by atoms with Crippen LogP contribution in [-0.2, 0) is 16.2 Å². The SMILES string of the molecule is CCOc1cc(/C=N/NC(=O)C(=O)Nc2ccc(F)c(Cl)c2)ccc1OCc1ccccc1Cl. The molecule has 3 aromatic carbocycles. The van der Waals surface area contributed by atoms with Crippen LogP contribution in [0.15, 0.2) is 65.8 Å². The number of hydrazone groups is 1. The molecule has 0 heterocycles. The lowest BCUT2D eigenvalue weighted by atomic mass is 10.2. The Bertz CT molecular complexity index is 1220. The van der Waals surface area contributed by atoms with Crippen LogP contribution in [0, 0.1) is 5.82 Å². The molecule has 0 spiro atoms. The third kappa shape index (κ3) is 6.94. The number of benzene rings is 3. The predicted octanol–water partition coefficient (Wildman–Crippen LogP) is 5.20. The number of amides is 2.